The van der Waals surface area contributed by atoms with Crippen molar-refractivity contribution < 1.29 is 39.5 Å². The molecule has 10 heteroatoms. The molecule has 1 aliphatic heterocycles. The molecule has 320 valence electrons. The van der Waals surface area contributed by atoms with Crippen LogP contribution in [0.25, 0.3) is 0 Å². The molecule has 0 aromatic heterocycles. The van der Waals surface area contributed by atoms with Gasteiger partial charge in [-0.3, -0.25) is 9.59 Å². The van der Waals surface area contributed by atoms with Crippen LogP contribution in [0.2, 0.25) is 0 Å². The lowest BCUT2D eigenvalue weighted by molar-refractivity contribution is -0.272. The van der Waals surface area contributed by atoms with Gasteiger partial charge in [0.05, 0.1) is 25.4 Å². The fourth-order valence-electron chi connectivity index (χ4n) is 7.57. The highest BCUT2D eigenvalue weighted by atomic mass is 16.7. The van der Waals surface area contributed by atoms with Crippen molar-refractivity contribution in [2.24, 2.45) is 0 Å². The van der Waals surface area contributed by atoms with Gasteiger partial charge in [0.25, 0.3) is 0 Å². The number of aliphatic hydroxyl groups is 4. The Hall–Kier alpha value is -1.30. The van der Waals surface area contributed by atoms with E-state index in [9.17, 15) is 30.0 Å². The van der Waals surface area contributed by atoms with Crippen LogP contribution in [0.5, 0.6) is 0 Å². The van der Waals surface area contributed by atoms with E-state index < -0.39 is 55.3 Å². The molecule has 10 nitrogen and oxygen atoms in total. The van der Waals surface area contributed by atoms with Gasteiger partial charge in [-0.25, -0.2) is 0 Å². The van der Waals surface area contributed by atoms with Crippen LogP contribution in [0.4, 0.5) is 0 Å². The monoisotopic (exact) mass is 771 g/mol. The maximum Gasteiger partial charge on any atom is 0.220 e. The Morgan fingerprint density at radius 2 is 1.04 bits per heavy atom. The van der Waals surface area contributed by atoms with E-state index in [1.165, 1.54) is 148 Å². The van der Waals surface area contributed by atoms with Crippen LogP contribution < -0.4 is 10.6 Å². The molecule has 0 aromatic rings. The van der Waals surface area contributed by atoms with E-state index in [0.29, 0.717) is 12.8 Å². The lowest BCUT2D eigenvalue weighted by atomic mass is 9.97. The van der Waals surface area contributed by atoms with Gasteiger partial charge in [0.15, 0.2) is 6.29 Å². The van der Waals surface area contributed by atoms with Crippen molar-refractivity contribution in [2.45, 2.75) is 256 Å². The first-order valence-corrected chi connectivity index (χ1v) is 22.7. The summed E-state index contributed by atoms with van der Waals surface area (Å²) in [7, 11) is 0. The minimum Gasteiger partial charge on any atom is -0.394 e. The van der Waals surface area contributed by atoms with Crippen molar-refractivity contribution in [2.75, 3.05) is 13.2 Å². The molecular formula is C44H86N2O8. The lowest BCUT2D eigenvalue weighted by Crippen LogP contribution is -2.65. The van der Waals surface area contributed by atoms with Crippen molar-refractivity contribution >= 4 is 11.8 Å². The van der Waals surface area contributed by atoms with Gasteiger partial charge in [-0.1, -0.05) is 187 Å². The Kier molecular flexibility index (Phi) is 32.8. The van der Waals surface area contributed by atoms with Crippen LogP contribution in [0, 0.1) is 0 Å². The minimum atomic E-state index is -1.43. The molecule has 2 unspecified atom stereocenters. The maximum absolute atomic E-state index is 13.1. The molecule has 0 saturated carbocycles. The number of amides is 2. The molecular weight excluding hydrogens is 684 g/mol. The summed E-state index contributed by atoms with van der Waals surface area (Å²) >= 11 is 0. The van der Waals surface area contributed by atoms with Crippen molar-refractivity contribution in [3.8, 4) is 0 Å². The van der Waals surface area contributed by atoms with Crippen LogP contribution in [0.1, 0.15) is 213 Å². The first-order valence-electron chi connectivity index (χ1n) is 22.7. The smallest absolute Gasteiger partial charge is 0.220 e. The number of aliphatic hydroxyl groups excluding tert-OH is 4. The molecule has 0 bridgehead atoms. The second-order valence-electron chi connectivity index (χ2n) is 16.2. The number of hydrogen-bond acceptors (Lipinski definition) is 8. The molecule has 0 aromatic carbocycles. The number of ether oxygens (including phenoxy) is 2. The molecule has 54 heavy (non-hydrogen) atoms. The Morgan fingerprint density at radius 1 is 0.630 bits per heavy atom. The summed E-state index contributed by atoms with van der Waals surface area (Å²) in [6.45, 7) is 5.13. The van der Waals surface area contributed by atoms with Gasteiger partial charge in [0.1, 0.15) is 24.4 Å². The standard InChI is InChI=1S/C44H86N2O8/c1-4-6-8-10-12-14-16-18-19-21-23-25-27-29-31-33-40(50)46-37(35-53-44-41(45-36(3)48)43(52)42(51)39(34-47)54-44)38(49)32-30-28-26-24-22-20-17-15-13-11-9-7-5-2/h37-39,41-44,47,49,51-52H,4-35H2,1-3H3,(H,45,48)(H,46,50)/t37?,38?,39-,41-,42+,43-,44+/m1/s1. The van der Waals surface area contributed by atoms with E-state index in [-0.39, 0.29) is 12.5 Å². The normalized spacial score (nSPS) is 21.2. The third-order valence-electron chi connectivity index (χ3n) is 11.1. The number of hydrogen-bond donors (Lipinski definition) is 6. The average molecular weight is 771 g/mol. The molecule has 0 radical (unpaired) electrons. The fourth-order valence-corrected chi connectivity index (χ4v) is 7.57. The second kappa shape index (κ2) is 34.9. The fraction of sp³-hybridized carbons (Fsp3) is 0.955. The summed E-state index contributed by atoms with van der Waals surface area (Å²) in [6.07, 6.45) is 29.8. The third-order valence-corrected chi connectivity index (χ3v) is 11.1. The first kappa shape index (κ1) is 50.7. The van der Waals surface area contributed by atoms with Crippen LogP contribution in [0.15, 0.2) is 0 Å². The van der Waals surface area contributed by atoms with Crippen LogP contribution >= 0.6 is 0 Å². The third kappa shape index (κ3) is 25.8. The predicted octanol–water partition coefficient (Wildman–Crippen LogP) is 8.54. The Labute approximate surface area is 330 Å². The SMILES string of the molecule is CCCCCCCCCCCCCCCCCC(=O)NC(CO[C@H]1O[C@H](CO)[C@H](O)[C@H](O)[C@H]1NC(C)=O)C(O)CCCCCCCCCCCCCCC. The zero-order valence-corrected chi connectivity index (χ0v) is 35.1. The number of carbonyl (C=O) groups is 2. The predicted molar refractivity (Wildman–Crippen MR) is 219 cm³/mol. The summed E-state index contributed by atoms with van der Waals surface area (Å²) in [5.41, 5.74) is 0. The molecule has 7 atom stereocenters. The average Bonchev–Trinajstić information content (AvgIpc) is 3.15. The zero-order valence-electron chi connectivity index (χ0n) is 35.1. The van der Waals surface area contributed by atoms with E-state index in [1.807, 2.05) is 0 Å². The maximum atomic E-state index is 13.1. The van der Waals surface area contributed by atoms with E-state index in [2.05, 4.69) is 24.5 Å². The number of carbonyl (C=O) groups excluding carboxylic acids is 2. The summed E-state index contributed by atoms with van der Waals surface area (Å²) < 4.78 is 11.7. The van der Waals surface area contributed by atoms with Gasteiger partial charge in [0, 0.05) is 13.3 Å². The van der Waals surface area contributed by atoms with Crippen molar-refractivity contribution in [1.29, 1.82) is 0 Å². The highest BCUT2D eigenvalue weighted by molar-refractivity contribution is 5.76. The van der Waals surface area contributed by atoms with Gasteiger partial charge < -0.3 is 40.5 Å². The Bertz CT molecular complexity index is 880. The van der Waals surface area contributed by atoms with Gasteiger partial charge >= 0.3 is 0 Å². The topological polar surface area (TPSA) is 158 Å². The quantitative estimate of drug-likeness (QED) is 0.0343. The van der Waals surface area contributed by atoms with Gasteiger partial charge in [0.2, 0.25) is 11.8 Å². The van der Waals surface area contributed by atoms with Crippen molar-refractivity contribution in [1.82, 2.24) is 10.6 Å². The molecule has 1 heterocycles. The summed E-state index contributed by atoms with van der Waals surface area (Å²) in [6, 6.07) is -1.81. The Balaban J connectivity index is 2.49. The second-order valence-corrected chi connectivity index (χ2v) is 16.2. The minimum absolute atomic E-state index is 0.119. The van der Waals surface area contributed by atoms with Crippen LogP contribution in [0.3, 0.4) is 0 Å². The number of nitrogens with one attached hydrogen (secondary N) is 2. The Morgan fingerprint density at radius 3 is 1.44 bits per heavy atom. The van der Waals surface area contributed by atoms with E-state index in [4.69, 9.17) is 9.47 Å². The number of rotatable bonds is 37. The highest BCUT2D eigenvalue weighted by Gasteiger charge is 2.45. The molecule has 6 N–H and O–H groups in total. The molecule has 1 aliphatic rings. The molecule has 1 fully saturated rings. The molecule has 0 spiro atoms. The van der Waals surface area contributed by atoms with Gasteiger partial charge in [-0.2, -0.15) is 0 Å². The molecule has 2 amide bonds. The first-order chi connectivity index (χ1) is 26.2. The molecule has 1 saturated heterocycles. The van der Waals surface area contributed by atoms with Gasteiger partial charge in [-0.15, -0.1) is 0 Å². The highest BCUT2D eigenvalue weighted by Crippen LogP contribution is 2.23. The molecule has 0 aliphatic carbocycles. The van der Waals surface area contributed by atoms with E-state index in [1.54, 1.807) is 0 Å². The van der Waals surface area contributed by atoms with Crippen molar-refractivity contribution in [3.63, 3.8) is 0 Å². The lowest BCUT2D eigenvalue weighted by Gasteiger charge is -2.42. The van der Waals surface area contributed by atoms with Crippen molar-refractivity contribution in [3.05, 3.63) is 0 Å². The summed E-state index contributed by atoms with van der Waals surface area (Å²) in [5.74, 6) is -0.587. The van der Waals surface area contributed by atoms with Crippen LogP contribution in [-0.2, 0) is 19.1 Å². The van der Waals surface area contributed by atoms with E-state index >= 15 is 0 Å². The summed E-state index contributed by atoms with van der Waals surface area (Å²) in [5, 5.41) is 47.5. The zero-order chi connectivity index (χ0) is 39.7. The number of unbranched alkanes of at least 4 members (excludes halogenated alkanes) is 26. The van der Waals surface area contributed by atoms with Crippen LogP contribution in [-0.4, -0.2) is 88.2 Å². The van der Waals surface area contributed by atoms with E-state index in [0.717, 1.165) is 38.5 Å². The largest absolute Gasteiger partial charge is 0.394 e. The van der Waals surface area contributed by atoms with Gasteiger partial charge in [-0.05, 0) is 12.8 Å². The molecule has 1 rings (SSSR count). The summed E-state index contributed by atoms with van der Waals surface area (Å²) in [4.78, 5) is 24.9.